The zero-order chi connectivity index (χ0) is 13.8. The number of hydrogen-bond donors (Lipinski definition) is 0. The Morgan fingerprint density at radius 1 is 1.21 bits per heavy atom. The summed E-state index contributed by atoms with van der Waals surface area (Å²) in [6.45, 7) is 9.01. The van der Waals surface area contributed by atoms with Crippen molar-refractivity contribution in [3.63, 3.8) is 0 Å². The summed E-state index contributed by atoms with van der Waals surface area (Å²) in [6, 6.07) is 7.24. The molecule has 19 heavy (non-hydrogen) atoms. The highest BCUT2D eigenvalue weighted by atomic mass is 16.3. The molecule has 1 aromatic heterocycles. The van der Waals surface area contributed by atoms with Gasteiger partial charge in [0.15, 0.2) is 12.0 Å². The molecule has 101 valence electrons. The Morgan fingerprint density at radius 2 is 1.89 bits per heavy atom. The molecule has 4 heteroatoms. The number of rotatable bonds is 6. The molecule has 0 amide bonds. The van der Waals surface area contributed by atoms with Gasteiger partial charge < -0.3 is 9.23 Å². The SMILES string of the molecule is CCC(C)N([B]c1ccc2ocnc2c1)C(C)CC. The van der Waals surface area contributed by atoms with Crippen molar-refractivity contribution in [1.29, 1.82) is 0 Å². The molecule has 0 spiro atoms. The van der Waals surface area contributed by atoms with Crippen molar-refractivity contribution in [2.45, 2.75) is 52.6 Å². The smallest absolute Gasteiger partial charge is 0.248 e. The van der Waals surface area contributed by atoms with Crippen LogP contribution in [0, 0.1) is 0 Å². The number of oxazole rings is 1. The van der Waals surface area contributed by atoms with Crippen LogP contribution in [0.25, 0.3) is 11.1 Å². The van der Waals surface area contributed by atoms with Gasteiger partial charge in [0.2, 0.25) is 7.41 Å². The summed E-state index contributed by atoms with van der Waals surface area (Å²) in [4.78, 5) is 6.66. The molecule has 2 aromatic rings. The maximum atomic E-state index is 5.28. The highest BCUT2D eigenvalue weighted by Crippen LogP contribution is 2.12. The predicted octanol–water partition coefficient (Wildman–Crippen LogP) is 2.97. The van der Waals surface area contributed by atoms with Gasteiger partial charge in [-0.25, -0.2) is 4.98 Å². The van der Waals surface area contributed by atoms with E-state index in [0.717, 1.165) is 23.9 Å². The molecule has 3 nitrogen and oxygen atoms in total. The van der Waals surface area contributed by atoms with E-state index < -0.39 is 0 Å². The topological polar surface area (TPSA) is 29.3 Å². The van der Waals surface area contributed by atoms with Crippen molar-refractivity contribution in [3.8, 4) is 0 Å². The Hall–Kier alpha value is -1.29. The maximum absolute atomic E-state index is 5.28. The van der Waals surface area contributed by atoms with Crippen molar-refractivity contribution in [2.24, 2.45) is 0 Å². The van der Waals surface area contributed by atoms with Gasteiger partial charge in [0.1, 0.15) is 5.52 Å². The van der Waals surface area contributed by atoms with E-state index in [1.807, 2.05) is 6.07 Å². The first kappa shape index (κ1) is 14.1. The third-order valence-corrected chi connectivity index (χ3v) is 3.85. The normalized spacial score (nSPS) is 14.8. The van der Waals surface area contributed by atoms with Gasteiger partial charge in [-0.15, -0.1) is 0 Å². The summed E-state index contributed by atoms with van der Waals surface area (Å²) in [6.07, 6.45) is 3.79. The zero-order valence-corrected chi connectivity index (χ0v) is 12.3. The molecule has 0 fully saturated rings. The minimum absolute atomic E-state index is 0.544. The molecule has 1 aromatic carbocycles. The predicted molar refractivity (Wildman–Crippen MR) is 80.7 cm³/mol. The Kier molecular flexibility index (Phi) is 4.64. The molecular formula is C15H22BN2O. The summed E-state index contributed by atoms with van der Waals surface area (Å²) in [7, 11) is 2.25. The first-order valence-corrected chi connectivity index (χ1v) is 7.11. The fourth-order valence-corrected chi connectivity index (χ4v) is 2.24. The number of nitrogens with zero attached hydrogens (tertiary/aromatic N) is 2. The number of fused-ring (bicyclic) bond motifs is 1. The molecule has 0 bridgehead atoms. The van der Waals surface area contributed by atoms with Gasteiger partial charge >= 0.3 is 0 Å². The van der Waals surface area contributed by atoms with Crippen molar-refractivity contribution in [2.75, 3.05) is 0 Å². The summed E-state index contributed by atoms with van der Waals surface area (Å²) in [5.74, 6) is 0. The average Bonchev–Trinajstić information content (AvgIpc) is 2.90. The fourth-order valence-electron chi connectivity index (χ4n) is 2.24. The van der Waals surface area contributed by atoms with Gasteiger partial charge in [0.05, 0.1) is 0 Å². The lowest BCUT2D eigenvalue weighted by atomic mass is 9.77. The number of hydrogen-bond acceptors (Lipinski definition) is 3. The Morgan fingerprint density at radius 3 is 2.53 bits per heavy atom. The highest BCUT2D eigenvalue weighted by Gasteiger charge is 2.19. The molecular weight excluding hydrogens is 235 g/mol. The zero-order valence-electron chi connectivity index (χ0n) is 12.3. The van der Waals surface area contributed by atoms with Gasteiger partial charge in [-0.05, 0) is 37.1 Å². The van der Waals surface area contributed by atoms with Crippen LogP contribution in [0.5, 0.6) is 0 Å². The molecule has 1 heterocycles. The summed E-state index contributed by atoms with van der Waals surface area (Å²) < 4.78 is 5.28. The minimum atomic E-state index is 0.544. The molecule has 2 unspecified atom stereocenters. The van der Waals surface area contributed by atoms with Crippen LogP contribution in [-0.2, 0) is 0 Å². The summed E-state index contributed by atoms with van der Waals surface area (Å²) >= 11 is 0. The highest BCUT2D eigenvalue weighted by molar-refractivity contribution is 6.51. The minimum Gasteiger partial charge on any atom is -0.443 e. The van der Waals surface area contributed by atoms with E-state index in [1.165, 1.54) is 11.9 Å². The van der Waals surface area contributed by atoms with Crippen LogP contribution >= 0.6 is 0 Å². The lowest BCUT2D eigenvalue weighted by Crippen LogP contribution is -2.46. The third-order valence-electron chi connectivity index (χ3n) is 3.85. The molecule has 2 rings (SSSR count). The van der Waals surface area contributed by atoms with Crippen molar-refractivity contribution in [1.82, 2.24) is 9.79 Å². The lowest BCUT2D eigenvalue weighted by Gasteiger charge is -2.33. The number of aromatic nitrogens is 1. The van der Waals surface area contributed by atoms with Gasteiger partial charge in [-0.2, -0.15) is 0 Å². The molecule has 0 N–H and O–H groups in total. The van der Waals surface area contributed by atoms with Gasteiger partial charge in [-0.1, -0.05) is 39.2 Å². The molecule has 1 radical (unpaired) electrons. The quantitative estimate of drug-likeness (QED) is 0.745. The van der Waals surface area contributed by atoms with E-state index >= 15 is 0 Å². The van der Waals surface area contributed by atoms with Crippen LogP contribution in [0.1, 0.15) is 40.5 Å². The van der Waals surface area contributed by atoms with Crippen LogP contribution in [0.2, 0.25) is 0 Å². The molecule has 0 saturated heterocycles. The standard InChI is InChI=1S/C15H22BN2O/c1-5-11(3)18(12(4)6-2)16-13-7-8-15-14(9-13)17-10-19-15/h7-12H,5-6H2,1-4H3. The Bertz CT molecular complexity index is 516. The lowest BCUT2D eigenvalue weighted by molar-refractivity contribution is 0.271. The molecule has 0 aliphatic rings. The fraction of sp³-hybridized carbons (Fsp3) is 0.533. The van der Waals surface area contributed by atoms with E-state index in [1.54, 1.807) is 0 Å². The molecule has 0 aliphatic carbocycles. The monoisotopic (exact) mass is 257 g/mol. The van der Waals surface area contributed by atoms with E-state index in [4.69, 9.17) is 4.42 Å². The van der Waals surface area contributed by atoms with Crippen molar-refractivity contribution >= 4 is 24.0 Å². The average molecular weight is 257 g/mol. The van der Waals surface area contributed by atoms with E-state index in [9.17, 15) is 0 Å². The van der Waals surface area contributed by atoms with Gasteiger partial charge in [0.25, 0.3) is 0 Å². The third kappa shape index (κ3) is 3.18. The second kappa shape index (κ2) is 6.24. The Balaban J connectivity index is 2.19. The van der Waals surface area contributed by atoms with Crippen LogP contribution in [-0.4, -0.2) is 29.3 Å². The van der Waals surface area contributed by atoms with Crippen LogP contribution in [0.3, 0.4) is 0 Å². The van der Waals surface area contributed by atoms with E-state index in [-0.39, 0.29) is 0 Å². The largest absolute Gasteiger partial charge is 0.443 e. The van der Waals surface area contributed by atoms with Crippen LogP contribution < -0.4 is 5.46 Å². The van der Waals surface area contributed by atoms with E-state index in [2.05, 4.69) is 57.0 Å². The van der Waals surface area contributed by atoms with Crippen LogP contribution in [0.15, 0.2) is 29.0 Å². The van der Waals surface area contributed by atoms with Gasteiger partial charge in [0, 0.05) is 0 Å². The second-order valence-electron chi connectivity index (χ2n) is 5.17. The summed E-state index contributed by atoms with van der Waals surface area (Å²) in [5.41, 5.74) is 2.94. The second-order valence-corrected chi connectivity index (χ2v) is 5.17. The van der Waals surface area contributed by atoms with Gasteiger partial charge in [-0.3, -0.25) is 0 Å². The number of benzene rings is 1. The molecule has 0 aliphatic heterocycles. The Labute approximate surface area is 116 Å². The van der Waals surface area contributed by atoms with Crippen molar-refractivity contribution in [3.05, 3.63) is 24.6 Å². The summed E-state index contributed by atoms with van der Waals surface area (Å²) in [5, 5.41) is 0. The molecule has 2 atom stereocenters. The molecule has 0 saturated carbocycles. The first-order chi connectivity index (χ1) is 9.15. The van der Waals surface area contributed by atoms with E-state index in [0.29, 0.717) is 12.1 Å². The van der Waals surface area contributed by atoms with Crippen LogP contribution in [0.4, 0.5) is 0 Å². The maximum Gasteiger partial charge on any atom is 0.248 e. The first-order valence-electron chi connectivity index (χ1n) is 7.11. The van der Waals surface area contributed by atoms with Crippen molar-refractivity contribution < 1.29 is 4.42 Å².